The van der Waals surface area contributed by atoms with Gasteiger partial charge in [-0.25, -0.2) is 0 Å². The van der Waals surface area contributed by atoms with E-state index in [4.69, 9.17) is 15.2 Å². The lowest BCUT2D eigenvalue weighted by atomic mass is 9.98. The molecule has 5 nitrogen and oxygen atoms in total. The smallest absolute Gasteiger partial charge is 0.222 e. The van der Waals surface area contributed by atoms with Gasteiger partial charge in [-0.05, 0) is 25.7 Å². The van der Waals surface area contributed by atoms with Gasteiger partial charge in [0.05, 0.1) is 24.9 Å². The number of ether oxygens (including phenoxy) is 2. The van der Waals surface area contributed by atoms with E-state index in [0.717, 1.165) is 45.1 Å². The maximum Gasteiger partial charge on any atom is 0.222 e. The molecule has 0 aromatic carbocycles. The topological polar surface area (TPSA) is 73.6 Å². The van der Waals surface area contributed by atoms with E-state index in [9.17, 15) is 4.79 Å². The Morgan fingerprint density at radius 2 is 2.16 bits per heavy atom. The van der Waals surface area contributed by atoms with Crippen LogP contribution in [0.25, 0.3) is 0 Å². The van der Waals surface area contributed by atoms with Crippen LogP contribution in [0.15, 0.2) is 0 Å². The van der Waals surface area contributed by atoms with Crippen LogP contribution in [0.1, 0.15) is 44.9 Å². The van der Waals surface area contributed by atoms with Crippen LogP contribution in [0.2, 0.25) is 0 Å². The molecule has 19 heavy (non-hydrogen) atoms. The summed E-state index contributed by atoms with van der Waals surface area (Å²) in [6.45, 7) is 2.45. The number of carbonyl (C=O) groups excluding carboxylic acids is 1. The van der Waals surface area contributed by atoms with E-state index < -0.39 is 0 Å². The lowest BCUT2D eigenvalue weighted by molar-refractivity contribution is -0.124. The summed E-state index contributed by atoms with van der Waals surface area (Å²) >= 11 is 0. The van der Waals surface area contributed by atoms with E-state index in [1.54, 1.807) is 0 Å². The van der Waals surface area contributed by atoms with E-state index in [-0.39, 0.29) is 17.6 Å². The van der Waals surface area contributed by atoms with Gasteiger partial charge in [-0.15, -0.1) is 0 Å². The van der Waals surface area contributed by atoms with E-state index in [1.807, 2.05) is 0 Å². The minimum atomic E-state index is -0.147. The summed E-state index contributed by atoms with van der Waals surface area (Å²) < 4.78 is 11.0. The molecule has 0 aromatic rings. The molecule has 110 valence electrons. The average molecular weight is 270 g/mol. The van der Waals surface area contributed by atoms with E-state index in [1.165, 1.54) is 0 Å². The molecule has 0 aromatic heterocycles. The summed E-state index contributed by atoms with van der Waals surface area (Å²) in [5.41, 5.74) is 5.64. The number of carbonyl (C=O) groups is 1. The van der Waals surface area contributed by atoms with Crippen LogP contribution in [0, 0.1) is 0 Å². The fourth-order valence-corrected chi connectivity index (χ4v) is 2.95. The number of hydrogen-bond acceptors (Lipinski definition) is 4. The predicted molar refractivity (Wildman–Crippen MR) is 72.8 cm³/mol. The van der Waals surface area contributed by atoms with Crippen LogP contribution >= 0.6 is 0 Å². The molecule has 0 spiro atoms. The molecule has 3 N–H and O–H groups in total. The molecule has 1 unspecified atom stereocenters. The summed E-state index contributed by atoms with van der Waals surface area (Å²) in [5, 5.41) is 3.10. The van der Waals surface area contributed by atoms with Gasteiger partial charge in [0.1, 0.15) is 0 Å². The van der Waals surface area contributed by atoms with Crippen molar-refractivity contribution in [1.29, 1.82) is 0 Å². The van der Waals surface area contributed by atoms with Gasteiger partial charge >= 0.3 is 0 Å². The largest absolute Gasteiger partial charge is 0.378 e. The molecule has 2 rings (SSSR count). The second kappa shape index (κ2) is 7.22. The molecule has 1 heterocycles. The predicted octanol–water partition coefficient (Wildman–Crippen LogP) is 0.960. The molecule has 1 aliphatic carbocycles. The Labute approximate surface area is 115 Å². The fraction of sp³-hybridized carbons (Fsp3) is 0.929. The van der Waals surface area contributed by atoms with Crippen molar-refractivity contribution in [1.82, 2.24) is 5.32 Å². The Morgan fingerprint density at radius 1 is 1.37 bits per heavy atom. The van der Waals surface area contributed by atoms with Crippen molar-refractivity contribution in [2.24, 2.45) is 5.73 Å². The van der Waals surface area contributed by atoms with E-state index in [0.29, 0.717) is 26.2 Å². The highest BCUT2D eigenvalue weighted by atomic mass is 16.5. The molecule has 1 amide bonds. The first-order valence-electron chi connectivity index (χ1n) is 7.44. The third-order valence-electron chi connectivity index (χ3n) is 4.16. The van der Waals surface area contributed by atoms with Gasteiger partial charge < -0.3 is 20.5 Å². The third kappa shape index (κ3) is 4.44. The molecule has 2 aliphatic rings. The second-order valence-corrected chi connectivity index (χ2v) is 5.70. The summed E-state index contributed by atoms with van der Waals surface area (Å²) in [7, 11) is 0. The Balaban J connectivity index is 1.58. The Hall–Kier alpha value is -0.650. The van der Waals surface area contributed by atoms with Crippen molar-refractivity contribution in [3.05, 3.63) is 0 Å². The fourth-order valence-electron chi connectivity index (χ4n) is 2.95. The van der Waals surface area contributed by atoms with E-state index >= 15 is 0 Å². The number of hydrogen-bond donors (Lipinski definition) is 2. The molecule has 5 heteroatoms. The first-order valence-corrected chi connectivity index (χ1v) is 7.44. The van der Waals surface area contributed by atoms with Gasteiger partial charge in [0.15, 0.2) is 0 Å². The SMILES string of the molecule is NCC1(NC(=O)CCOCC2CCCO2)CCCC1. The van der Waals surface area contributed by atoms with Crippen molar-refractivity contribution in [2.45, 2.75) is 56.6 Å². The zero-order chi connectivity index (χ0) is 13.6. The van der Waals surface area contributed by atoms with Gasteiger partial charge in [0, 0.05) is 19.6 Å². The van der Waals surface area contributed by atoms with Gasteiger partial charge in [-0.1, -0.05) is 12.8 Å². The average Bonchev–Trinajstić information content (AvgIpc) is 3.06. The first kappa shape index (κ1) is 14.8. The normalized spacial score (nSPS) is 25.6. The molecular weight excluding hydrogens is 244 g/mol. The molecule has 1 saturated heterocycles. The van der Waals surface area contributed by atoms with Crippen molar-refractivity contribution in [2.75, 3.05) is 26.4 Å². The minimum absolute atomic E-state index is 0.0553. The number of nitrogens with one attached hydrogen (secondary N) is 1. The van der Waals surface area contributed by atoms with Crippen LogP contribution < -0.4 is 11.1 Å². The third-order valence-corrected chi connectivity index (χ3v) is 4.16. The molecule has 1 atom stereocenters. The highest BCUT2D eigenvalue weighted by Crippen LogP contribution is 2.28. The summed E-state index contributed by atoms with van der Waals surface area (Å²) in [4.78, 5) is 11.9. The lowest BCUT2D eigenvalue weighted by Crippen LogP contribution is -2.51. The number of amides is 1. The van der Waals surface area contributed by atoms with Crippen LogP contribution in [0.5, 0.6) is 0 Å². The van der Waals surface area contributed by atoms with Crippen LogP contribution in [0.4, 0.5) is 0 Å². The van der Waals surface area contributed by atoms with Crippen molar-refractivity contribution in [3.8, 4) is 0 Å². The van der Waals surface area contributed by atoms with Gasteiger partial charge in [0.25, 0.3) is 0 Å². The lowest BCUT2D eigenvalue weighted by Gasteiger charge is -2.28. The Morgan fingerprint density at radius 3 is 2.79 bits per heavy atom. The van der Waals surface area contributed by atoms with Gasteiger partial charge in [-0.3, -0.25) is 4.79 Å². The summed E-state index contributed by atoms with van der Waals surface area (Å²) in [6, 6.07) is 0. The quantitative estimate of drug-likeness (QED) is 0.676. The standard InChI is InChI=1S/C14H26N2O3/c15-11-14(6-1-2-7-14)16-13(17)5-9-18-10-12-4-3-8-19-12/h12H,1-11,15H2,(H,16,17). The van der Waals surface area contributed by atoms with Crippen molar-refractivity contribution >= 4 is 5.91 Å². The molecule has 2 fully saturated rings. The zero-order valence-electron chi connectivity index (χ0n) is 11.7. The van der Waals surface area contributed by atoms with Gasteiger partial charge in [-0.2, -0.15) is 0 Å². The second-order valence-electron chi connectivity index (χ2n) is 5.70. The van der Waals surface area contributed by atoms with E-state index in [2.05, 4.69) is 5.32 Å². The number of rotatable bonds is 7. The maximum atomic E-state index is 11.9. The van der Waals surface area contributed by atoms with Crippen molar-refractivity contribution < 1.29 is 14.3 Å². The van der Waals surface area contributed by atoms with Gasteiger partial charge in [0.2, 0.25) is 5.91 Å². The highest BCUT2D eigenvalue weighted by molar-refractivity contribution is 5.77. The molecule has 0 bridgehead atoms. The first-order chi connectivity index (χ1) is 9.24. The monoisotopic (exact) mass is 270 g/mol. The molecular formula is C14H26N2O3. The Kier molecular flexibility index (Phi) is 5.60. The summed E-state index contributed by atoms with van der Waals surface area (Å²) in [5.74, 6) is 0.0553. The minimum Gasteiger partial charge on any atom is -0.378 e. The molecule has 1 aliphatic heterocycles. The molecule has 0 radical (unpaired) electrons. The van der Waals surface area contributed by atoms with Crippen molar-refractivity contribution in [3.63, 3.8) is 0 Å². The molecule has 1 saturated carbocycles. The number of nitrogens with two attached hydrogens (primary N) is 1. The zero-order valence-corrected chi connectivity index (χ0v) is 11.7. The van der Waals surface area contributed by atoms with Crippen LogP contribution in [-0.4, -0.2) is 43.9 Å². The Bertz CT molecular complexity index is 284. The van der Waals surface area contributed by atoms with Crippen LogP contribution in [-0.2, 0) is 14.3 Å². The summed E-state index contributed by atoms with van der Waals surface area (Å²) in [6.07, 6.45) is 7.16. The van der Waals surface area contributed by atoms with Crippen LogP contribution in [0.3, 0.4) is 0 Å². The highest BCUT2D eigenvalue weighted by Gasteiger charge is 2.33. The maximum absolute atomic E-state index is 11.9.